The summed E-state index contributed by atoms with van der Waals surface area (Å²) in [6, 6.07) is 15.1. The zero-order chi connectivity index (χ0) is 17.6. The second-order valence-corrected chi connectivity index (χ2v) is 5.42. The van der Waals surface area contributed by atoms with Crippen LogP contribution in [0.3, 0.4) is 0 Å². The van der Waals surface area contributed by atoms with Crippen molar-refractivity contribution in [1.29, 1.82) is 0 Å². The Morgan fingerprint density at radius 3 is 2.68 bits per heavy atom. The summed E-state index contributed by atoms with van der Waals surface area (Å²) in [5.41, 5.74) is 1.80. The van der Waals surface area contributed by atoms with Crippen molar-refractivity contribution < 1.29 is 23.2 Å². The van der Waals surface area contributed by atoms with Crippen LogP contribution in [0, 0.1) is 12.7 Å². The van der Waals surface area contributed by atoms with E-state index >= 15 is 0 Å². The molecule has 0 aliphatic heterocycles. The van der Waals surface area contributed by atoms with E-state index < -0.39 is 11.8 Å². The number of nitrogens with zero attached hydrogens (tertiary/aromatic N) is 1. The number of ether oxygens (including phenoxy) is 2. The summed E-state index contributed by atoms with van der Waals surface area (Å²) < 4.78 is 29.2. The third-order valence-electron chi connectivity index (χ3n) is 3.46. The molecule has 0 amide bonds. The number of halogens is 1. The lowest BCUT2D eigenvalue weighted by molar-refractivity contribution is -0.147. The predicted octanol–water partition coefficient (Wildman–Crippen LogP) is 3.91. The molecule has 0 saturated carbocycles. The molecule has 0 aliphatic carbocycles. The summed E-state index contributed by atoms with van der Waals surface area (Å²) in [7, 11) is 0. The molecule has 0 N–H and O–H groups in total. The molecule has 0 unspecified atom stereocenters. The van der Waals surface area contributed by atoms with Crippen molar-refractivity contribution in [3.05, 3.63) is 71.7 Å². The fraction of sp³-hybridized carbons (Fsp3) is 0.158. The van der Waals surface area contributed by atoms with Crippen LogP contribution in [0.25, 0.3) is 11.3 Å². The van der Waals surface area contributed by atoms with Gasteiger partial charge in [0.15, 0.2) is 12.4 Å². The van der Waals surface area contributed by atoms with Crippen LogP contribution in [-0.2, 0) is 16.1 Å². The second kappa shape index (κ2) is 7.61. The Morgan fingerprint density at radius 1 is 1.16 bits per heavy atom. The monoisotopic (exact) mass is 341 g/mol. The Morgan fingerprint density at radius 2 is 1.92 bits per heavy atom. The van der Waals surface area contributed by atoms with Crippen molar-refractivity contribution in [2.45, 2.75) is 13.5 Å². The summed E-state index contributed by atoms with van der Waals surface area (Å²) >= 11 is 0. The first-order valence-electron chi connectivity index (χ1n) is 7.67. The van der Waals surface area contributed by atoms with Crippen molar-refractivity contribution in [3.8, 4) is 17.1 Å². The Kier molecular flexibility index (Phi) is 5.09. The maximum absolute atomic E-state index is 13.7. The molecule has 0 radical (unpaired) electrons. The van der Waals surface area contributed by atoms with Crippen LogP contribution in [0.2, 0.25) is 0 Å². The minimum absolute atomic E-state index is 0.0754. The molecular weight excluding hydrogens is 325 g/mol. The lowest BCUT2D eigenvalue weighted by Crippen LogP contribution is -2.14. The number of rotatable bonds is 6. The first-order valence-corrected chi connectivity index (χ1v) is 7.67. The van der Waals surface area contributed by atoms with Crippen LogP contribution < -0.4 is 4.74 Å². The van der Waals surface area contributed by atoms with Crippen molar-refractivity contribution in [2.24, 2.45) is 0 Å². The van der Waals surface area contributed by atoms with Crippen molar-refractivity contribution >= 4 is 5.97 Å². The van der Waals surface area contributed by atoms with Crippen LogP contribution in [0.1, 0.15) is 11.3 Å². The second-order valence-electron chi connectivity index (χ2n) is 5.42. The quantitative estimate of drug-likeness (QED) is 0.636. The molecule has 3 aromatic rings. The van der Waals surface area contributed by atoms with Gasteiger partial charge >= 0.3 is 5.97 Å². The molecule has 1 heterocycles. The van der Waals surface area contributed by atoms with E-state index in [0.717, 1.165) is 5.56 Å². The number of benzene rings is 2. The lowest BCUT2D eigenvalue weighted by atomic mass is 10.1. The van der Waals surface area contributed by atoms with Crippen LogP contribution >= 0.6 is 0 Å². The molecule has 3 rings (SSSR count). The van der Waals surface area contributed by atoms with E-state index in [1.807, 2.05) is 19.1 Å². The van der Waals surface area contributed by atoms with E-state index in [2.05, 4.69) is 5.16 Å². The van der Waals surface area contributed by atoms with Gasteiger partial charge in [0.05, 0.1) is 5.56 Å². The molecule has 0 atom stereocenters. The molecule has 128 valence electrons. The molecule has 0 fully saturated rings. The van der Waals surface area contributed by atoms with Gasteiger partial charge in [-0.05, 0) is 31.2 Å². The topological polar surface area (TPSA) is 61.6 Å². The van der Waals surface area contributed by atoms with E-state index in [9.17, 15) is 9.18 Å². The maximum atomic E-state index is 13.7. The van der Waals surface area contributed by atoms with Crippen LogP contribution in [-0.4, -0.2) is 17.7 Å². The standard InChI is InChI=1S/C19H16FNO4/c1-13-6-8-15(9-7-13)23-12-19(22)24-11-14-10-18(25-21-14)16-4-2-3-5-17(16)20/h2-10H,11-12H2,1H3. The SMILES string of the molecule is Cc1ccc(OCC(=O)OCc2cc(-c3ccccc3F)on2)cc1. The van der Waals surface area contributed by atoms with Gasteiger partial charge in [-0.15, -0.1) is 0 Å². The summed E-state index contributed by atoms with van der Waals surface area (Å²) in [4.78, 5) is 11.7. The smallest absolute Gasteiger partial charge is 0.344 e. The number of carbonyl (C=O) groups is 1. The Bertz CT molecular complexity index is 858. The highest BCUT2D eigenvalue weighted by atomic mass is 19.1. The lowest BCUT2D eigenvalue weighted by Gasteiger charge is -2.06. The van der Waals surface area contributed by atoms with Gasteiger partial charge in [0.25, 0.3) is 0 Å². The van der Waals surface area contributed by atoms with E-state index in [1.165, 1.54) is 12.1 Å². The first kappa shape index (κ1) is 16.7. The minimum Gasteiger partial charge on any atom is -0.482 e. The number of carbonyl (C=O) groups excluding carboxylic acids is 1. The van der Waals surface area contributed by atoms with Gasteiger partial charge in [0.2, 0.25) is 0 Å². The zero-order valence-corrected chi connectivity index (χ0v) is 13.6. The Hall–Kier alpha value is -3.15. The first-order chi connectivity index (χ1) is 12.1. The van der Waals surface area contributed by atoms with Crippen molar-refractivity contribution in [1.82, 2.24) is 5.16 Å². The fourth-order valence-corrected chi connectivity index (χ4v) is 2.14. The van der Waals surface area contributed by atoms with Crippen LogP contribution in [0.4, 0.5) is 4.39 Å². The van der Waals surface area contributed by atoms with E-state index in [-0.39, 0.29) is 19.0 Å². The third-order valence-corrected chi connectivity index (χ3v) is 3.46. The van der Waals surface area contributed by atoms with Gasteiger partial charge in [0.1, 0.15) is 23.9 Å². The number of aryl methyl sites for hydroxylation is 1. The summed E-state index contributed by atoms with van der Waals surface area (Å²) in [6.07, 6.45) is 0. The zero-order valence-electron chi connectivity index (χ0n) is 13.6. The molecule has 0 bridgehead atoms. The normalized spacial score (nSPS) is 10.5. The molecule has 5 nitrogen and oxygen atoms in total. The largest absolute Gasteiger partial charge is 0.482 e. The van der Waals surface area contributed by atoms with Crippen molar-refractivity contribution in [3.63, 3.8) is 0 Å². The summed E-state index contributed by atoms with van der Waals surface area (Å²) in [5, 5.41) is 3.77. The molecule has 0 spiro atoms. The highest BCUT2D eigenvalue weighted by Crippen LogP contribution is 2.23. The molecule has 6 heteroatoms. The molecule has 0 aliphatic rings. The molecular formula is C19H16FNO4. The summed E-state index contributed by atoms with van der Waals surface area (Å²) in [6.45, 7) is 1.68. The highest BCUT2D eigenvalue weighted by molar-refractivity contribution is 5.71. The molecule has 25 heavy (non-hydrogen) atoms. The molecule has 2 aromatic carbocycles. The molecule has 0 saturated heterocycles. The maximum Gasteiger partial charge on any atom is 0.344 e. The van der Waals surface area contributed by atoms with Crippen molar-refractivity contribution in [2.75, 3.05) is 6.61 Å². The number of aromatic nitrogens is 1. The summed E-state index contributed by atoms with van der Waals surface area (Å²) in [5.74, 6) is -0.0735. The van der Waals surface area contributed by atoms with E-state index in [1.54, 1.807) is 30.3 Å². The fourth-order valence-electron chi connectivity index (χ4n) is 2.14. The van der Waals surface area contributed by atoms with E-state index in [4.69, 9.17) is 14.0 Å². The van der Waals surface area contributed by atoms with Gasteiger partial charge in [0, 0.05) is 6.07 Å². The average molecular weight is 341 g/mol. The average Bonchev–Trinajstić information content (AvgIpc) is 3.08. The predicted molar refractivity (Wildman–Crippen MR) is 88.4 cm³/mol. The Labute approximate surface area is 144 Å². The molecule has 1 aromatic heterocycles. The van der Waals surface area contributed by atoms with Gasteiger partial charge in [-0.2, -0.15) is 0 Å². The minimum atomic E-state index is -0.531. The number of hydrogen-bond acceptors (Lipinski definition) is 5. The van der Waals surface area contributed by atoms with Gasteiger partial charge in [-0.3, -0.25) is 0 Å². The number of esters is 1. The highest BCUT2D eigenvalue weighted by Gasteiger charge is 2.12. The third kappa shape index (κ3) is 4.44. The van der Waals surface area contributed by atoms with Crippen LogP contribution in [0.5, 0.6) is 5.75 Å². The van der Waals surface area contributed by atoms with Gasteiger partial charge in [-0.1, -0.05) is 35.0 Å². The van der Waals surface area contributed by atoms with Crippen LogP contribution in [0.15, 0.2) is 59.1 Å². The van der Waals surface area contributed by atoms with Gasteiger partial charge < -0.3 is 14.0 Å². The van der Waals surface area contributed by atoms with E-state index in [0.29, 0.717) is 17.0 Å². The van der Waals surface area contributed by atoms with Gasteiger partial charge in [-0.25, -0.2) is 9.18 Å². The Balaban J connectivity index is 1.51. The number of hydrogen-bond donors (Lipinski definition) is 0.